The van der Waals surface area contributed by atoms with Gasteiger partial charge in [0.15, 0.2) is 0 Å². The Kier molecular flexibility index (Phi) is 3.83. The van der Waals surface area contributed by atoms with Crippen LogP contribution in [-0.2, 0) is 13.1 Å². The second-order valence-electron chi connectivity index (χ2n) is 3.46. The van der Waals surface area contributed by atoms with E-state index in [0.29, 0.717) is 12.3 Å². The number of hydrogen-bond acceptors (Lipinski definition) is 3. The van der Waals surface area contributed by atoms with Crippen LogP contribution >= 0.6 is 22.9 Å². The fourth-order valence-corrected chi connectivity index (χ4v) is 2.47. The van der Waals surface area contributed by atoms with Gasteiger partial charge in [0, 0.05) is 28.9 Å². The third-order valence-corrected chi connectivity index (χ3v) is 3.51. The summed E-state index contributed by atoms with van der Waals surface area (Å²) in [5, 5.41) is 15.5. The molecule has 0 aliphatic rings. The molecule has 0 bridgehead atoms. The smallest absolute Gasteiger partial charge is 0.120 e. The number of phenolic OH excluding ortho intramolecular Hbond substituents is 1. The number of hydrogen-bond donors (Lipinski definition) is 2. The first kappa shape index (κ1) is 11.5. The number of phenols is 1. The summed E-state index contributed by atoms with van der Waals surface area (Å²) in [7, 11) is 0. The molecule has 1 heterocycles. The van der Waals surface area contributed by atoms with Gasteiger partial charge in [0.25, 0.3) is 0 Å². The van der Waals surface area contributed by atoms with Crippen molar-refractivity contribution in [1.29, 1.82) is 0 Å². The Bertz CT molecular complexity index is 470. The first-order valence-electron chi connectivity index (χ1n) is 4.96. The highest BCUT2D eigenvalue weighted by molar-refractivity contribution is 7.10. The Balaban J connectivity index is 1.87. The van der Waals surface area contributed by atoms with E-state index in [1.54, 1.807) is 17.4 Å². The molecule has 2 N–H and O–H groups in total. The minimum absolute atomic E-state index is 0.333. The molecule has 0 atom stereocenters. The number of halogens is 1. The lowest BCUT2D eigenvalue weighted by Crippen LogP contribution is -2.11. The van der Waals surface area contributed by atoms with Gasteiger partial charge in [-0.15, -0.1) is 11.3 Å². The van der Waals surface area contributed by atoms with Crippen molar-refractivity contribution in [1.82, 2.24) is 5.32 Å². The highest BCUT2D eigenvalue weighted by Gasteiger charge is 2.00. The molecule has 0 aliphatic carbocycles. The van der Waals surface area contributed by atoms with Crippen LogP contribution < -0.4 is 5.32 Å². The van der Waals surface area contributed by atoms with E-state index in [0.717, 1.165) is 17.1 Å². The molecule has 2 aromatic rings. The molecule has 0 saturated heterocycles. The molecule has 0 aliphatic heterocycles. The Morgan fingerprint density at radius 1 is 1.25 bits per heavy atom. The summed E-state index contributed by atoms with van der Waals surface area (Å²) in [6, 6.07) is 9.28. The summed E-state index contributed by atoms with van der Waals surface area (Å²) < 4.78 is 0. The SMILES string of the molecule is Oc1ccccc1CNCc1cc(Cl)cs1. The van der Waals surface area contributed by atoms with Gasteiger partial charge < -0.3 is 10.4 Å². The average Bonchev–Trinajstić information content (AvgIpc) is 2.67. The van der Waals surface area contributed by atoms with Crippen LogP contribution in [0.5, 0.6) is 5.75 Å². The van der Waals surface area contributed by atoms with Crippen molar-refractivity contribution in [2.24, 2.45) is 0 Å². The largest absolute Gasteiger partial charge is 0.508 e. The quantitative estimate of drug-likeness (QED) is 0.875. The zero-order valence-corrected chi connectivity index (χ0v) is 10.2. The molecular weight excluding hydrogens is 242 g/mol. The van der Waals surface area contributed by atoms with E-state index in [4.69, 9.17) is 11.6 Å². The molecule has 1 aromatic heterocycles. The standard InChI is InChI=1S/C12H12ClNOS/c13-10-5-11(16-8-10)7-14-6-9-3-1-2-4-12(9)15/h1-5,8,14-15H,6-7H2. The summed E-state index contributed by atoms with van der Waals surface area (Å²) in [4.78, 5) is 1.19. The molecule has 84 valence electrons. The molecule has 0 saturated carbocycles. The number of nitrogens with one attached hydrogen (secondary N) is 1. The van der Waals surface area contributed by atoms with Gasteiger partial charge in [-0.1, -0.05) is 29.8 Å². The van der Waals surface area contributed by atoms with Crippen molar-refractivity contribution >= 4 is 22.9 Å². The molecule has 0 amide bonds. The minimum Gasteiger partial charge on any atom is -0.508 e. The molecule has 2 nitrogen and oxygen atoms in total. The van der Waals surface area contributed by atoms with Gasteiger partial charge in [0.2, 0.25) is 0 Å². The Hall–Kier alpha value is -1.03. The third-order valence-electron chi connectivity index (χ3n) is 2.23. The van der Waals surface area contributed by atoms with Crippen molar-refractivity contribution in [3.05, 3.63) is 51.2 Å². The van der Waals surface area contributed by atoms with E-state index in [1.807, 2.05) is 29.6 Å². The maximum Gasteiger partial charge on any atom is 0.120 e. The van der Waals surface area contributed by atoms with E-state index in [-0.39, 0.29) is 0 Å². The first-order chi connectivity index (χ1) is 7.75. The molecule has 0 radical (unpaired) electrons. The van der Waals surface area contributed by atoms with Gasteiger partial charge in [-0.3, -0.25) is 0 Å². The van der Waals surface area contributed by atoms with E-state index >= 15 is 0 Å². The lowest BCUT2D eigenvalue weighted by molar-refractivity contribution is 0.464. The van der Waals surface area contributed by atoms with Crippen molar-refractivity contribution in [2.45, 2.75) is 13.1 Å². The van der Waals surface area contributed by atoms with Crippen LogP contribution in [0.1, 0.15) is 10.4 Å². The molecule has 4 heteroatoms. The maximum absolute atomic E-state index is 9.55. The number of para-hydroxylation sites is 1. The van der Waals surface area contributed by atoms with Gasteiger partial charge in [-0.2, -0.15) is 0 Å². The summed E-state index contributed by atoms with van der Waals surface area (Å²) in [5.74, 6) is 0.333. The van der Waals surface area contributed by atoms with Gasteiger partial charge in [0.1, 0.15) is 5.75 Å². The highest BCUT2D eigenvalue weighted by Crippen LogP contribution is 2.19. The van der Waals surface area contributed by atoms with E-state index in [2.05, 4.69) is 5.32 Å². The topological polar surface area (TPSA) is 32.3 Å². The van der Waals surface area contributed by atoms with E-state index in [9.17, 15) is 5.11 Å². The van der Waals surface area contributed by atoms with Crippen molar-refractivity contribution in [3.8, 4) is 5.75 Å². The van der Waals surface area contributed by atoms with Crippen molar-refractivity contribution in [3.63, 3.8) is 0 Å². The van der Waals surface area contributed by atoms with Crippen LogP contribution in [-0.4, -0.2) is 5.11 Å². The molecule has 16 heavy (non-hydrogen) atoms. The first-order valence-corrected chi connectivity index (χ1v) is 6.22. The third kappa shape index (κ3) is 2.98. The second-order valence-corrected chi connectivity index (χ2v) is 4.90. The summed E-state index contributed by atoms with van der Waals surface area (Å²) in [5.41, 5.74) is 0.908. The van der Waals surface area contributed by atoms with Crippen LogP contribution in [0, 0.1) is 0 Å². The summed E-state index contributed by atoms with van der Waals surface area (Å²) >= 11 is 7.46. The molecule has 2 rings (SSSR count). The molecule has 0 unspecified atom stereocenters. The van der Waals surface area contributed by atoms with E-state index < -0.39 is 0 Å². The highest BCUT2D eigenvalue weighted by atomic mass is 35.5. The summed E-state index contributed by atoms with van der Waals surface area (Å²) in [6.45, 7) is 1.42. The fraction of sp³-hybridized carbons (Fsp3) is 0.167. The zero-order valence-electron chi connectivity index (χ0n) is 8.61. The second kappa shape index (κ2) is 5.34. The Labute approximate surface area is 104 Å². The van der Waals surface area contributed by atoms with Crippen LogP contribution in [0.3, 0.4) is 0 Å². The average molecular weight is 254 g/mol. The monoisotopic (exact) mass is 253 g/mol. The zero-order chi connectivity index (χ0) is 11.4. The molecule has 1 aromatic carbocycles. The van der Waals surface area contributed by atoms with E-state index in [1.165, 1.54) is 4.88 Å². The van der Waals surface area contributed by atoms with Crippen LogP contribution in [0.25, 0.3) is 0 Å². The van der Waals surface area contributed by atoms with Gasteiger partial charge >= 0.3 is 0 Å². The van der Waals surface area contributed by atoms with Crippen LogP contribution in [0.2, 0.25) is 5.02 Å². The normalized spacial score (nSPS) is 10.6. The number of thiophene rings is 1. The minimum atomic E-state index is 0.333. The Morgan fingerprint density at radius 3 is 2.75 bits per heavy atom. The van der Waals surface area contributed by atoms with Gasteiger partial charge in [-0.05, 0) is 12.1 Å². The lowest BCUT2D eigenvalue weighted by Gasteiger charge is -2.05. The Morgan fingerprint density at radius 2 is 2.06 bits per heavy atom. The van der Waals surface area contributed by atoms with Crippen molar-refractivity contribution < 1.29 is 5.11 Å². The summed E-state index contributed by atoms with van der Waals surface area (Å²) in [6.07, 6.45) is 0. The van der Waals surface area contributed by atoms with Crippen LogP contribution in [0.4, 0.5) is 0 Å². The van der Waals surface area contributed by atoms with Gasteiger partial charge in [0.05, 0.1) is 5.02 Å². The van der Waals surface area contributed by atoms with Gasteiger partial charge in [-0.25, -0.2) is 0 Å². The predicted molar refractivity (Wildman–Crippen MR) is 68.0 cm³/mol. The number of aromatic hydroxyl groups is 1. The predicted octanol–water partition coefficient (Wildman–Crippen LogP) is 3.40. The molecule has 0 spiro atoms. The number of benzene rings is 1. The van der Waals surface area contributed by atoms with Crippen molar-refractivity contribution in [2.75, 3.05) is 0 Å². The lowest BCUT2D eigenvalue weighted by atomic mass is 10.2. The maximum atomic E-state index is 9.55. The fourth-order valence-electron chi connectivity index (χ4n) is 1.43. The molecular formula is C12H12ClNOS. The van der Waals surface area contributed by atoms with Crippen LogP contribution in [0.15, 0.2) is 35.7 Å². The number of rotatable bonds is 4. The molecule has 0 fully saturated rings.